The summed E-state index contributed by atoms with van der Waals surface area (Å²) in [5.41, 5.74) is 2.60. The molecular weight excluding hydrogens is 330 g/mol. The third-order valence-corrected chi connectivity index (χ3v) is 3.71. The number of aromatic nitrogens is 4. The van der Waals surface area contributed by atoms with Crippen LogP contribution in [0.2, 0.25) is 0 Å². The van der Waals surface area contributed by atoms with Gasteiger partial charge >= 0.3 is 0 Å². The van der Waals surface area contributed by atoms with Gasteiger partial charge in [-0.2, -0.15) is 5.10 Å². The molecule has 1 amide bonds. The minimum Gasteiger partial charge on any atom is -0.295 e. The lowest BCUT2D eigenvalue weighted by Crippen LogP contribution is -2.24. The first-order valence-electron chi connectivity index (χ1n) is 8.26. The summed E-state index contributed by atoms with van der Waals surface area (Å²) in [7, 11) is 0. The third-order valence-electron chi connectivity index (χ3n) is 3.71. The van der Waals surface area contributed by atoms with E-state index in [9.17, 15) is 9.59 Å². The van der Waals surface area contributed by atoms with Crippen molar-refractivity contribution in [3.8, 4) is 22.5 Å². The Morgan fingerprint density at radius 2 is 1.85 bits per heavy atom. The topological polar surface area (TPSA) is 89.8 Å². The number of rotatable bonds is 4. The summed E-state index contributed by atoms with van der Waals surface area (Å²) in [6.07, 6.45) is 1.61. The van der Waals surface area contributed by atoms with Gasteiger partial charge < -0.3 is 0 Å². The van der Waals surface area contributed by atoms with Crippen molar-refractivity contribution in [3.05, 3.63) is 59.0 Å². The average molecular weight is 349 g/mol. The molecule has 3 aromatic rings. The standard InChI is InChI=1S/C19H19N5O2/c1-12(2)24-17(26)10-9-16(23-24)15-11-20-19(21-13(3)25)22-18(15)14-7-5-4-6-8-14/h4-12H,1-3H3,(H,20,21,22,25). The normalized spacial score (nSPS) is 10.8. The second-order valence-corrected chi connectivity index (χ2v) is 6.10. The Balaban J connectivity index is 2.19. The predicted molar refractivity (Wildman–Crippen MR) is 99.6 cm³/mol. The van der Waals surface area contributed by atoms with Gasteiger partial charge in [-0.1, -0.05) is 30.3 Å². The van der Waals surface area contributed by atoms with Crippen LogP contribution in [0.4, 0.5) is 5.95 Å². The van der Waals surface area contributed by atoms with E-state index in [1.807, 2.05) is 44.2 Å². The molecule has 0 aliphatic heterocycles. The van der Waals surface area contributed by atoms with Crippen molar-refractivity contribution >= 4 is 11.9 Å². The van der Waals surface area contributed by atoms with E-state index in [2.05, 4.69) is 20.4 Å². The van der Waals surface area contributed by atoms with Crippen LogP contribution in [0.15, 0.2) is 53.5 Å². The predicted octanol–water partition coefficient (Wildman–Crippen LogP) is 2.91. The van der Waals surface area contributed by atoms with E-state index in [0.29, 0.717) is 17.0 Å². The average Bonchev–Trinajstić information content (AvgIpc) is 2.62. The molecule has 2 aromatic heterocycles. The van der Waals surface area contributed by atoms with E-state index < -0.39 is 0 Å². The first-order valence-corrected chi connectivity index (χ1v) is 8.26. The highest BCUT2D eigenvalue weighted by atomic mass is 16.1. The van der Waals surface area contributed by atoms with E-state index in [-0.39, 0.29) is 23.5 Å². The van der Waals surface area contributed by atoms with Crippen LogP contribution in [0.3, 0.4) is 0 Å². The summed E-state index contributed by atoms with van der Waals surface area (Å²) in [4.78, 5) is 32.0. The first kappa shape index (κ1) is 17.5. The molecule has 0 spiro atoms. The van der Waals surface area contributed by atoms with E-state index in [4.69, 9.17) is 0 Å². The number of anilines is 1. The molecule has 0 radical (unpaired) electrons. The van der Waals surface area contributed by atoms with Crippen LogP contribution in [0, 0.1) is 0 Å². The summed E-state index contributed by atoms with van der Waals surface area (Å²) >= 11 is 0. The van der Waals surface area contributed by atoms with Crippen LogP contribution in [-0.2, 0) is 4.79 Å². The van der Waals surface area contributed by atoms with Crippen molar-refractivity contribution in [1.29, 1.82) is 0 Å². The van der Waals surface area contributed by atoms with Gasteiger partial charge in [-0.25, -0.2) is 14.6 Å². The van der Waals surface area contributed by atoms with Crippen LogP contribution in [0.1, 0.15) is 26.8 Å². The molecule has 0 bridgehead atoms. The van der Waals surface area contributed by atoms with Gasteiger partial charge in [0.1, 0.15) is 0 Å². The monoisotopic (exact) mass is 349 g/mol. The smallest absolute Gasteiger partial charge is 0.267 e. The fourth-order valence-corrected chi connectivity index (χ4v) is 2.54. The molecular formula is C19H19N5O2. The molecule has 2 heterocycles. The van der Waals surface area contributed by atoms with Crippen molar-refractivity contribution in [1.82, 2.24) is 19.7 Å². The maximum atomic E-state index is 12.0. The lowest BCUT2D eigenvalue weighted by atomic mass is 10.0. The Labute approximate surface area is 150 Å². The van der Waals surface area contributed by atoms with E-state index in [1.54, 1.807) is 12.3 Å². The van der Waals surface area contributed by atoms with Gasteiger partial charge in [-0.05, 0) is 19.9 Å². The number of nitrogens with zero attached hydrogens (tertiary/aromatic N) is 4. The molecule has 0 atom stereocenters. The summed E-state index contributed by atoms with van der Waals surface area (Å²) in [5.74, 6) is -0.0273. The molecule has 7 heteroatoms. The summed E-state index contributed by atoms with van der Waals surface area (Å²) in [6, 6.07) is 12.6. The number of hydrogen-bond acceptors (Lipinski definition) is 5. The molecule has 1 N–H and O–H groups in total. The Morgan fingerprint density at radius 1 is 1.12 bits per heavy atom. The van der Waals surface area contributed by atoms with Crippen LogP contribution in [0.25, 0.3) is 22.5 Å². The maximum Gasteiger partial charge on any atom is 0.267 e. The van der Waals surface area contributed by atoms with Crippen LogP contribution < -0.4 is 10.9 Å². The SMILES string of the molecule is CC(=O)Nc1ncc(-c2ccc(=O)n(C(C)C)n2)c(-c2ccccc2)n1. The van der Waals surface area contributed by atoms with Gasteiger partial charge in [0.2, 0.25) is 11.9 Å². The molecule has 0 fully saturated rings. The second kappa shape index (κ2) is 7.26. The van der Waals surface area contributed by atoms with Crippen molar-refractivity contribution in [3.63, 3.8) is 0 Å². The van der Waals surface area contributed by atoms with Gasteiger partial charge in [0.25, 0.3) is 5.56 Å². The number of benzene rings is 1. The number of carbonyl (C=O) groups is 1. The largest absolute Gasteiger partial charge is 0.295 e. The third kappa shape index (κ3) is 3.66. The first-order chi connectivity index (χ1) is 12.5. The number of carbonyl (C=O) groups excluding carboxylic acids is 1. The van der Waals surface area contributed by atoms with Crippen LogP contribution in [0.5, 0.6) is 0 Å². The number of amides is 1. The minimum atomic E-state index is -0.247. The number of nitrogens with one attached hydrogen (secondary N) is 1. The molecule has 1 aromatic carbocycles. The van der Waals surface area contributed by atoms with E-state index >= 15 is 0 Å². The summed E-state index contributed by atoms with van der Waals surface area (Å²) < 4.78 is 1.42. The Bertz CT molecular complexity index is 996. The van der Waals surface area contributed by atoms with E-state index in [0.717, 1.165) is 5.56 Å². The van der Waals surface area contributed by atoms with Gasteiger partial charge in [-0.3, -0.25) is 14.9 Å². The van der Waals surface area contributed by atoms with Gasteiger partial charge in [0.05, 0.1) is 17.4 Å². The fraction of sp³-hybridized carbons (Fsp3) is 0.211. The molecule has 3 rings (SSSR count). The molecule has 0 unspecified atom stereocenters. The van der Waals surface area contributed by atoms with Crippen molar-refractivity contribution in [2.24, 2.45) is 0 Å². The van der Waals surface area contributed by atoms with E-state index in [1.165, 1.54) is 17.7 Å². The minimum absolute atomic E-state index is 0.0674. The van der Waals surface area contributed by atoms with Crippen molar-refractivity contribution < 1.29 is 4.79 Å². The van der Waals surface area contributed by atoms with Gasteiger partial charge in [0.15, 0.2) is 0 Å². The van der Waals surface area contributed by atoms with Crippen LogP contribution >= 0.6 is 0 Å². The number of hydrogen-bond donors (Lipinski definition) is 1. The Kier molecular flexibility index (Phi) is 4.88. The second-order valence-electron chi connectivity index (χ2n) is 6.10. The van der Waals surface area contributed by atoms with Crippen molar-refractivity contribution in [2.45, 2.75) is 26.8 Å². The van der Waals surface area contributed by atoms with Crippen LogP contribution in [-0.4, -0.2) is 25.7 Å². The highest BCUT2D eigenvalue weighted by Gasteiger charge is 2.15. The molecule has 0 saturated heterocycles. The molecule has 0 aliphatic rings. The zero-order valence-corrected chi connectivity index (χ0v) is 14.8. The summed E-state index contributed by atoms with van der Waals surface area (Å²) in [5, 5.41) is 7.05. The fourth-order valence-electron chi connectivity index (χ4n) is 2.54. The zero-order valence-electron chi connectivity index (χ0n) is 14.8. The Morgan fingerprint density at radius 3 is 2.50 bits per heavy atom. The zero-order chi connectivity index (χ0) is 18.7. The molecule has 0 saturated carbocycles. The lowest BCUT2D eigenvalue weighted by molar-refractivity contribution is -0.114. The molecule has 132 valence electrons. The Hall–Kier alpha value is -3.35. The van der Waals surface area contributed by atoms with Gasteiger partial charge in [-0.15, -0.1) is 0 Å². The highest BCUT2D eigenvalue weighted by Crippen LogP contribution is 2.29. The molecule has 26 heavy (non-hydrogen) atoms. The molecule has 7 nitrogen and oxygen atoms in total. The maximum absolute atomic E-state index is 12.0. The van der Waals surface area contributed by atoms with Gasteiger partial charge in [0, 0.05) is 30.3 Å². The molecule has 0 aliphatic carbocycles. The van der Waals surface area contributed by atoms with Crippen molar-refractivity contribution in [2.75, 3.05) is 5.32 Å². The lowest BCUT2D eigenvalue weighted by Gasteiger charge is -2.13. The quantitative estimate of drug-likeness (QED) is 0.782. The summed E-state index contributed by atoms with van der Waals surface area (Å²) in [6.45, 7) is 5.19. The highest BCUT2D eigenvalue weighted by molar-refractivity contribution is 5.87.